The molecule has 0 unspecified atom stereocenters. The molecule has 1 aliphatic rings. The maximum atomic E-state index is 13.8. The van der Waals surface area contributed by atoms with Crippen LogP contribution in [0.4, 0.5) is 0 Å². The van der Waals surface area contributed by atoms with Gasteiger partial charge in [-0.05, 0) is 37.8 Å². The summed E-state index contributed by atoms with van der Waals surface area (Å²) in [4.78, 5) is 38.6. The van der Waals surface area contributed by atoms with Gasteiger partial charge in [0.1, 0.15) is 4.88 Å². The summed E-state index contributed by atoms with van der Waals surface area (Å²) in [5.74, 6) is 0.0954. The highest BCUT2D eigenvalue weighted by molar-refractivity contribution is 7.14. The predicted octanol–water partition coefficient (Wildman–Crippen LogP) is 5.34. The number of piperidine rings is 1. The van der Waals surface area contributed by atoms with Crippen LogP contribution in [0.5, 0.6) is 0 Å². The van der Waals surface area contributed by atoms with Gasteiger partial charge in [0.25, 0.3) is 11.8 Å². The van der Waals surface area contributed by atoms with Gasteiger partial charge in [-0.3, -0.25) is 14.6 Å². The van der Waals surface area contributed by atoms with Crippen LogP contribution in [0.1, 0.15) is 44.8 Å². The van der Waals surface area contributed by atoms with E-state index in [-0.39, 0.29) is 23.8 Å². The van der Waals surface area contributed by atoms with E-state index in [4.69, 9.17) is 0 Å². The maximum absolute atomic E-state index is 13.8. The van der Waals surface area contributed by atoms with Crippen LogP contribution >= 0.6 is 11.3 Å². The van der Waals surface area contributed by atoms with E-state index >= 15 is 0 Å². The molecule has 4 aromatic rings. The quantitative estimate of drug-likeness (QED) is 0.415. The molecule has 5 rings (SSSR count). The number of pyridine rings is 1. The number of nitrogens with one attached hydrogen (secondary N) is 1. The molecule has 0 saturated carbocycles. The zero-order valence-corrected chi connectivity index (χ0v) is 20.7. The second kappa shape index (κ2) is 9.96. The van der Waals surface area contributed by atoms with Crippen LogP contribution < -0.4 is 5.32 Å². The summed E-state index contributed by atoms with van der Waals surface area (Å²) in [7, 11) is 0. The number of benzene rings is 2. The van der Waals surface area contributed by atoms with E-state index in [1.165, 1.54) is 11.3 Å². The van der Waals surface area contributed by atoms with Crippen LogP contribution in [0.2, 0.25) is 0 Å². The Hall–Kier alpha value is -3.58. The monoisotopic (exact) mass is 484 g/mol. The minimum absolute atomic E-state index is 0.00733. The Morgan fingerprint density at radius 3 is 2.71 bits per heavy atom. The summed E-state index contributed by atoms with van der Waals surface area (Å²) in [6, 6.07) is 19.2. The minimum Gasteiger partial charge on any atom is -0.350 e. The van der Waals surface area contributed by atoms with Gasteiger partial charge < -0.3 is 10.2 Å². The Morgan fingerprint density at radius 2 is 1.89 bits per heavy atom. The van der Waals surface area contributed by atoms with E-state index in [1.807, 2.05) is 66.4 Å². The van der Waals surface area contributed by atoms with Gasteiger partial charge in [0, 0.05) is 30.2 Å². The Morgan fingerprint density at radius 1 is 1.09 bits per heavy atom. The van der Waals surface area contributed by atoms with Crippen molar-refractivity contribution in [2.45, 2.75) is 32.7 Å². The van der Waals surface area contributed by atoms with E-state index in [2.05, 4.69) is 22.2 Å². The summed E-state index contributed by atoms with van der Waals surface area (Å²) < 4.78 is 0. The van der Waals surface area contributed by atoms with Crippen molar-refractivity contribution >= 4 is 34.1 Å². The fourth-order valence-electron chi connectivity index (χ4n) is 4.89. The van der Waals surface area contributed by atoms with E-state index in [1.54, 1.807) is 12.3 Å². The number of fused-ring (bicyclic) bond motifs is 1. The third kappa shape index (κ3) is 4.68. The van der Waals surface area contributed by atoms with Crippen molar-refractivity contribution in [1.82, 2.24) is 20.2 Å². The standard InChI is InChI=1S/C28H28N4O2S/c1-18-9-8-16-32(28(34)26-25(31-19(2)35-26)21-10-4-3-5-11-21)23(18)17-30-27(33)22-14-6-12-20-13-7-15-29-24(20)22/h3-7,10-15,18,23H,8-9,16-17H2,1-2H3,(H,30,33)/t18-,23-/m0/s1. The lowest BCUT2D eigenvalue weighted by atomic mass is 9.90. The van der Waals surface area contributed by atoms with Crippen molar-refractivity contribution in [1.29, 1.82) is 0 Å². The number of nitrogens with zero attached hydrogens (tertiary/aromatic N) is 3. The van der Waals surface area contributed by atoms with Crippen molar-refractivity contribution in [2.24, 2.45) is 5.92 Å². The highest BCUT2D eigenvalue weighted by Gasteiger charge is 2.34. The lowest BCUT2D eigenvalue weighted by Gasteiger charge is -2.40. The third-order valence-corrected chi connectivity index (χ3v) is 7.66. The van der Waals surface area contributed by atoms with Gasteiger partial charge in [-0.25, -0.2) is 4.98 Å². The lowest BCUT2D eigenvalue weighted by molar-refractivity contribution is 0.0512. The number of aryl methyl sites for hydroxylation is 1. The van der Waals surface area contributed by atoms with Gasteiger partial charge in [0.15, 0.2) is 0 Å². The van der Waals surface area contributed by atoms with Gasteiger partial charge in [0.05, 0.1) is 27.8 Å². The fourth-order valence-corrected chi connectivity index (χ4v) is 5.78. The number of likely N-dealkylation sites (tertiary alicyclic amines) is 1. The summed E-state index contributed by atoms with van der Waals surface area (Å²) in [5.41, 5.74) is 2.91. The molecule has 0 spiro atoms. The highest BCUT2D eigenvalue weighted by atomic mass is 32.1. The molecule has 2 aromatic heterocycles. The molecular formula is C28H28N4O2S. The molecule has 1 N–H and O–H groups in total. The van der Waals surface area contributed by atoms with Crippen LogP contribution in [0.15, 0.2) is 66.9 Å². The van der Waals surface area contributed by atoms with Gasteiger partial charge in [-0.2, -0.15) is 0 Å². The second-order valence-corrected chi connectivity index (χ2v) is 10.3. The summed E-state index contributed by atoms with van der Waals surface area (Å²) in [6.45, 7) is 5.16. The van der Waals surface area contributed by atoms with E-state index in [9.17, 15) is 9.59 Å². The first-order valence-corrected chi connectivity index (χ1v) is 12.8. The molecule has 1 fully saturated rings. The van der Waals surface area contributed by atoms with Gasteiger partial charge in [0.2, 0.25) is 0 Å². The summed E-state index contributed by atoms with van der Waals surface area (Å²) in [6.07, 6.45) is 3.67. The first-order chi connectivity index (χ1) is 17.0. The number of carbonyl (C=O) groups is 2. The molecule has 0 radical (unpaired) electrons. The van der Waals surface area contributed by atoms with E-state index in [0.29, 0.717) is 29.0 Å². The normalized spacial score (nSPS) is 17.9. The molecule has 1 saturated heterocycles. The number of para-hydroxylation sites is 1. The SMILES string of the molecule is Cc1nc(-c2ccccc2)c(C(=O)N2CCC[C@H](C)[C@@H]2CNC(=O)c2cccc3cccnc23)s1. The summed E-state index contributed by atoms with van der Waals surface area (Å²) in [5, 5.41) is 4.89. The molecule has 0 bridgehead atoms. The topological polar surface area (TPSA) is 75.2 Å². The highest BCUT2D eigenvalue weighted by Crippen LogP contribution is 2.32. The average molecular weight is 485 g/mol. The van der Waals surface area contributed by atoms with Crippen molar-refractivity contribution < 1.29 is 9.59 Å². The largest absolute Gasteiger partial charge is 0.350 e. The minimum atomic E-state index is -0.168. The molecule has 2 aromatic carbocycles. The molecule has 1 aliphatic heterocycles. The average Bonchev–Trinajstić information content (AvgIpc) is 3.29. The Bertz CT molecular complexity index is 1360. The molecule has 35 heavy (non-hydrogen) atoms. The number of carbonyl (C=O) groups excluding carboxylic acids is 2. The van der Waals surface area contributed by atoms with E-state index in [0.717, 1.165) is 34.5 Å². The first-order valence-electron chi connectivity index (χ1n) is 12.0. The molecule has 0 aliphatic carbocycles. The van der Waals surface area contributed by atoms with Crippen LogP contribution in [-0.4, -0.2) is 45.8 Å². The predicted molar refractivity (Wildman–Crippen MR) is 140 cm³/mol. The van der Waals surface area contributed by atoms with Crippen LogP contribution in [0.3, 0.4) is 0 Å². The zero-order valence-electron chi connectivity index (χ0n) is 19.9. The fraction of sp³-hybridized carbons (Fsp3) is 0.286. The Balaban J connectivity index is 1.38. The second-order valence-electron chi connectivity index (χ2n) is 9.05. The number of amides is 2. The van der Waals surface area contributed by atoms with Crippen molar-refractivity contribution in [3.63, 3.8) is 0 Å². The maximum Gasteiger partial charge on any atom is 0.266 e. The number of aromatic nitrogens is 2. The van der Waals surface area contributed by atoms with Crippen molar-refractivity contribution in [2.75, 3.05) is 13.1 Å². The molecule has 7 heteroatoms. The number of hydrogen-bond donors (Lipinski definition) is 1. The Labute approximate surface area is 209 Å². The van der Waals surface area contributed by atoms with Crippen LogP contribution in [0, 0.1) is 12.8 Å². The molecule has 2 amide bonds. The van der Waals surface area contributed by atoms with Crippen LogP contribution in [-0.2, 0) is 0 Å². The molecule has 3 heterocycles. The lowest BCUT2D eigenvalue weighted by Crippen LogP contribution is -2.53. The van der Waals surface area contributed by atoms with Gasteiger partial charge in [-0.15, -0.1) is 11.3 Å². The molecular weight excluding hydrogens is 456 g/mol. The smallest absolute Gasteiger partial charge is 0.266 e. The number of hydrogen-bond acceptors (Lipinski definition) is 5. The summed E-state index contributed by atoms with van der Waals surface area (Å²) >= 11 is 1.44. The molecule has 178 valence electrons. The van der Waals surface area contributed by atoms with Gasteiger partial charge in [-0.1, -0.05) is 55.5 Å². The first kappa shape index (κ1) is 23.2. The number of thiazole rings is 1. The Kier molecular flexibility index (Phi) is 6.59. The van der Waals surface area contributed by atoms with Gasteiger partial charge >= 0.3 is 0 Å². The van der Waals surface area contributed by atoms with Crippen molar-refractivity contribution in [3.05, 3.63) is 82.3 Å². The zero-order chi connectivity index (χ0) is 24.4. The third-order valence-electron chi connectivity index (χ3n) is 6.70. The molecule has 2 atom stereocenters. The van der Waals surface area contributed by atoms with E-state index < -0.39 is 0 Å². The van der Waals surface area contributed by atoms with Crippen molar-refractivity contribution in [3.8, 4) is 11.3 Å². The van der Waals surface area contributed by atoms with Crippen LogP contribution in [0.25, 0.3) is 22.2 Å². The molecule has 6 nitrogen and oxygen atoms in total. The number of rotatable bonds is 5.